The van der Waals surface area contributed by atoms with Crippen LogP contribution in [0.2, 0.25) is 0 Å². The summed E-state index contributed by atoms with van der Waals surface area (Å²) in [7, 11) is 0. The first kappa shape index (κ1) is 15.5. The summed E-state index contributed by atoms with van der Waals surface area (Å²) in [6.45, 7) is 8.94. The van der Waals surface area contributed by atoms with Crippen molar-refractivity contribution in [2.45, 2.75) is 39.8 Å². The maximum absolute atomic E-state index is 13.2. The van der Waals surface area contributed by atoms with E-state index in [9.17, 15) is 4.39 Å². The van der Waals surface area contributed by atoms with Crippen molar-refractivity contribution in [1.82, 2.24) is 5.32 Å². The van der Waals surface area contributed by atoms with E-state index >= 15 is 0 Å². The molecule has 0 saturated heterocycles. The number of halogens is 1. The first-order valence-corrected chi connectivity index (χ1v) is 7.12. The molecule has 0 unspecified atom stereocenters. The zero-order chi connectivity index (χ0) is 15.5. The molecule has 2 rings (SSSR count). The third-order valence-corrected chi connectivity index (χ3v) is 3.14. The highest BCUT2D eigenvalue weighted by atomic mass is 19.1. The molecule has 2 aromatic carbocycles. The van der Waals surface area contributed by atoms with Crippen LogP contribution < -0.4 is 10.1 Å². The number of aryl methyl sites for hydroxylation is 1. The molecule has 1 N–H and O–H groups in total. The Hall–Kier alpha value is -1.87. The van der Waals surface area contributed by atoms with Crippen LogP contribution in [0.15, 0.2) is 42.5 Å². The Morgan fingerprint density at radius 3 is 2.43 bits per heavy atom. The van der Waals surface area contributed by atoms with Crippen molar-refractivity contribution in [1.29, 1.82) is 0 Å². The fourth-order valence-corrected chi connectivity index (χ4v) is 1.96. The Morgan fingerprint density at radius 1 is 1.05 bits per heavy atom. The molecule has 0 spiro atoms. The lowest BCUT2D eigenvalue weighted by atomic mass is 10.1. The lowest BCUT2D eigenvalue weighted by Gasteiger charge is -2.21. The summed E-state index contributed by atoms with van der Waals surface area (Å²) in [5.74, 6) is 1.23. The highest BCUT2D eigenvalue weighted by Crippen LogP contribution is 2.28. The summed E-state index contributed by atoms with van der Waals surface area (Å²) in [6, 6.07) is 12.5. The highest BCUT2D eigenvalue weighted by molar-refractivity contribution is 5.41. The maximum Gasteiger partial charge on any atom is 0.131 e. The van der Waals surface area contributed by atoms with Gasteiger partial charge in [0, 0.05) is 17.6 Å². The van der Waals surface area contributed by atoms with Gasteiger partial charge in [-0.3, -0.25) is 0 Å². The van der Waals surface area contributed by atoms with Gasteiger partial charge < -0.3 is 10.1 Å². The smallest absolute Gasteiger partial charge is 0.131 e. The summed E-state index contributed by atoms with van der Waals surface area (Å²) in [5.41, 5.74) is 1.91. The van der Waals surface area contributed by atoms with Gasteiger partial charge in [-0.15, -0.1) is 0 Å². The van der Waals surface area contributed by atoms with E-state index in [2.05, 4.69) is 26.1 Å². The second kappa shape index (κ2) is 6.27. The SMILES string of the molecule is Cc1cc(F)ccc1Oc1ccccc1CNC(C)(C)C. The quantitative estimate of drug-likeness (QED) is 0.871. The van der Waals surface area contributed by atoms with E-state index in [0.29, 0.717) is 5.75 Å². The van der Waals surface area contributed by atoms with Crippen LogP contribution in [0.4, 0.5) is 4.39 Å². The van der Waals surface area contributed by atoms with Crippen molar-refractivity contribution in [3.05, 3.63) is 59.4 Å². The molecule has 0 saturated carbocycles. The number of nitrogens with one attached hydrogen (secondary N) is 1. The normalized spacial score (nSPS) is 11.5. The van der Waals surface area contributed by atoms with E-state index in [0.717, 1.165) is 23.4 Å². The molecule has 21 heavy (non-hydrogen) atoms. The molecular weight excluding hydrogens is 265 g/mol. The largest absolute Gasteiger partial charge is 0.457 e. The molecule has 0 fully saturated rings. The number of para-hydroxylation sites is 1. The molecule has 3 heteroatoms. The number of hydrogen-bond acceptors (Lipinski definition) is 2. The topological polar surface area (TPSA) is 21.3 Å². The van der Waals surface area contributed by atoms with Crippen LogP contribution in [0.1, 0.15) is 31.9 Å². The van der Waals surface area contributed by atoms with Crippen LogP contribution in [0, 0.1) is 12.7 Å². The van der Waals surface area contributed by atoms with Gasteiger partial charge in [-0.05, 0) is 57.5 Å². The van der Waals surface area contributed by atoms with E-state index in [1.165, 1.54) is 12.1 Å². The summed E-state index contributed by atoms with van der Waals surface area (Å²) in [4.78, 5) is 0. The van der Waals surface area contributed by atoms with Gasteiger partial charge in [0.05, 0.1) is 0 Å². The fraction of sp³-hybridized carbons (Fsp3) is 0.333. The lowest BCUT2D eigenvalue weighted by Crippen LogP contribution is -2.35. The van der Waals surface area contributed by atoms with E-state index in [4.69, 9.17) is 4.74 Å². The maximum atomic E-state index is 13.2. The Kier molecular flexibility index (Phi) is 4.63. The van der Waals surface area contributed by atoms with Gasteiger partial charge in [0.15, 0.2) is 0 Å². The van der Waals surface area contributed by atoms with Crippen molar-refractivity contribution in [2.24, 2.45) is 0 Å². The minimum Gasteiger partial charge on any atom is -0.457 e. The number of benzene rings is 2. The number of rotatable bonds is 4. The molecule has 0 aliphatic heterocycles. The predicted molar refractivity (Wildman–Crippen MR) is 84.2 cm³/mol. The molecule has 0 bridgehead atoms. The number of ether oxygens (including phenoxy) is 1. The molecule has 0 aromatic heterocycles. The van der Waals surface area contributed by atoms with E-state index < -0.39 is 0 Å². The summed E-state index contributed by atoms with van der Waals surface area (Å²) in [5, 5.41) is 3.45. The van der Waals surface area contributed by atoms with Crippen molar-refractivity contribution < 1.29 is 9.13 Å². The Bertz CT molecular complexity index is 617. The van der Waals surface area contributed by atoms with E-state index in [-0.39, 0.29) is 11.4 Å². The van der Waals surface area contributed by atoms with Gasteiger partial charge in [-0.2, -0.15) is 0 Å². The Balaban J connectivity index is 2.20. The van der Waals surface area contributed by atoms with Crippen LogP contribution in [0.5, 0.6) is 11.5 Å². The van der Waals surface area contributed by atoms with Crippen LogP contribution >= 0.6 is 0 Å². The fourth-order valence-electron chi connectivity index (χ4n) is 1.96. The average Bonchev–Trinajstić information content (AvgIpc) is 2.40. The average molecular weight is 287 g/mol. The second-order valence-electron chi connectivity index (χ2n) is 6.22. The molecule has 0 heterocycles. The van der Waals surface area contributed by atoms with Crippen LogP contribution in [-0.2, 0) is 6.54 Å². The van der Waals surface area contributed by atoms with Gasteiger partial charge >= 0.3 is 0 Å². The second-order valence-corrected chi connectivity index (χ2v) is 6.22. The predicted octanol–water partition coefficient (Wildman–Crippen LogP) is 4.81. The van der Waals surface area contributed by atoms with Gasteiger partial charge in [0.1, 0.15) is 17.3 Å². The monoisotopic (exact) mass is 287 g/mol. The minimum atomic E-state index is -0.248. The third-order valence-electron chi connectivity index (χ3n) is 3.14. The van der Waals surface area contributed by atoms with Gasteiger partial charge in [-0.1, -0.05) is 18.2 Å². The Morgan fingerprint density at radius 2 is 1.76 bits per heavy atom. The first-order valence-electron chi connectivity index (χ1n) is 7.12. The summed E-state index contributed by atoms with van der Waals surface area (Å²) < 4.78 is 19.1. The molecule has 0 radical (unpaired) electrons. The molecule has 2 nitrogen and oxygen atoms in total. The van der Waals surface area contributed by atoms with Crippen molar-refractivity contribution in [2.75, 3.05) is 0 Å². The third kappa shape index (κ3) is 4.57. The van der Waals surface area contributed by atoms with Crippen LogP contribution in [0.3, 0.4) is 0 Å². The molecule has 0 aliphatic carbocycles. The van der Waals surface area contributed by atoms with Gasteiger partial charge in [0.2, 0.25) is 0 Å². The van der Waals surface area contributed by atoms with Crippen LogP contribution in [-0.4, -0.2) is 5.54 Å². The Labute approximate surface area is 126 Å². The van der Waals surface area contributed by atoms with E-state index in [1.807, 2.05) is 31.2 Å². The highest BCUT2D eigenvalue weighted by Gasteiger charge is 2.11. The molecule has 2 aromatic rings. The summed E-state index contributed by atoms with van der Waals surface area (Å²) in [6.07, 6.45) is 0. The molecule has 112 valence electrons. The van der Waals surface area contributed by atoms with Crippen LogP contribution in [0.25, 0.3) is 0 Å². The van der Waals surface area contributed by atoms with Gasteiger partial charge in [0.25, 0.3) is 0 Å². The van der Waals surface area contributed by atoms with Gasteiger partial charge in [-0.25, -0.2) is 4.39 Å². The number of hydrogen-bond donors (Lipinski definition) is 1. The van der Waals surface area contributed by atoms with Crippen molar-refractivity contribution >= 4 is 0 Å². The summed E-state index contributed by atoms with van der Waals surface area (Å²) >= 11 is 0. The molecule has 0 amide bonds. The first-order chi connectivity index (χ1) is 9.85. The van der Waals surface area contributed by atoms with E-state index in [1.54, 1.807) is 6.07 Å². The zero-order valence-corrected chi connectivity index (χ0v) is 13.0. The molecule has 0 atom stereocenters. The molecule has 0 aliphatic rings. The van der Waals surface area contributed by atoms with Crippen molar-refractivity contribution in [3.8, 4) is 11.5 Å². The standard InChI is InChI=1S/C18H22FNO/c1-13-11-15(19)9-10-16(13)21-17-8-6-5-7-14(17)12-20-18(2,3)4/h5-11,20H,12H2,1-4H3. The van der Waals surface area contributed by atoms with Crippen molar-refractivity contribution in [3.63, 3.8) is 0 Å². The minimum absolute atomic E-state index is 0.0406. The lowest BCUT2D eigenvalue weighted by molar-refractivity contribution is 0.413. The zero-order valence-electron chi connectivity index (χ0n) is 13.0. The molecular formula is C18H22FNO.